The lowest BCUT2D eigenvalue weighted by Crippen LogP contribution is -2.33. The predicted molar refractivity (Wildman–Crippen MR) is 66.4 cm³/mol. The molecule has 0 bridgehead atoms. The van der Waals surface area contributed by atoms with E-state index in [1.165, 1.54) is 24.3 Å². The Balaban J connectivity index is 1.85. The van der Waals surface area contributed by atoms with Gasteiger partial charge in [-0.3, -0.25) is 0 Å². The Labute approximate surface area is 106 Å². The quantitative estimate of drug-likeness (QED) is 0.844. The highest BCUT2D eigenvalue weighted by atomic mass is 32.2. The van der Waals surface area contributed by atoms with Gasteiger partial charge in [-0.1, -0.05) is 12.1 Å². The lowest BCUT2D eigenvalue weighted by molar-refractivity contribution is 0.171. The first-order valence-electron chi connectivity index (χ1n) is 5.83. The number of rotatable bonds is 4. The fourth-order valence-corrected chi connectivity index (χ4v) is 3.74. The van der Waals surface area contributed by atoms with Gasteiger partial charge in [0.05, 0.1) is 17.6 Å². The first kappa shape index (κ1) is 13.5. The molecular formula is C12H16FNO3S. The maximum Gasteiger partial charge on any atom is 0.151 e. The first-order valence-corrected chi connectivity index (χ1v) is 7.66. The van der Waals surface area contributed by atoms with Gasteiger partial charge in [-0.05, 0) is 24.1 Å². The van der Waals surface area contributed by atoms with Crippen molar-refractivity contribution >= 4 is 9.84 Å². The zero-order valence-corrected chi connectivity index (χ0v) is 10.7. The number of hydrogen-bond donors (Lipinski definition) is 2. The predicted octanol–water partition coefficient (Wildman–Crippen LogP) is 0.636. The third-order valence-corrected chi connectivity index (χ3v) is 4.86. The van der Waals surface area contributed by atoms with Crippen molar-refractivity contribution in [3.63, 3.8) is 0 Å². The zero-order valence-electron chi connectivity index (χ0n) is 9.84. The highest BCUT2D eigenvalue weighted by Gasteiger charge is 2.27. The SMILES string of the molecule is O=S1(=O)CCC(NCC(O)c2ccc(F)cc2)C1. The van der Waals surface area contributed by atoms with Crippen LogP contribution >= 0.6 is 0 Å². The summed E-state index contributed by atoms with van der Waals surface area (Å²) >= 11 is 0. The van der Waals surface area contributed by atoms with E-state index in [4.69, 9.17) is 0 Å². The summed E-state index contributed by atoms with van der Waals surface area (Å²) in [4.78, 5) is 0. The van der Waals surface area contributed by atoms with E-state index in [2.05, 4.69) is 5.32 Å². The molecule has 2 unspecified atom stereocenters. The highest BCUT2D eigenvalue weighted by molar-refractivity contribution is 7.91. The van der Waals surface area contributed by atoms with Gasteiger partial charge in [0.1, 0.15) is 5.82 Å². The van der Waals surface area contributed by atoms with E-state index >= 15 is 0 Å². The van der Waals surface area contributed by atoms with E-state index in [-0.39, 0.29) is 29.9 Å². The van der Waals surface area contributed by atoms with Crippen molar-refractivity contribution in [2.24, 2.45) is 0 Å². The largest absolute Gasteiger partial charge is 0.387 e. The first-order chi connectivity index (χ1) is 8.46. The van der Waals surface area contributed by atoms with Crippen LogP contribution < -0.4 is 5.32 Å². The van der Waals surface area contributed by atoms with Crippen molar-refractivity contribution in [3.8, 4) is 0 Å². The Morgan fingerprint density at radius 3 is 2.61 bits per heavy atom. The molecule has 0 amide bonds. The van der Waals surface area contributed by atoms with E-state index in [0.29, 0.717) is 12.0 Å². The molecule has 4 nitrogen and oxygen atoms in total. The summed E-state index contributed by atoms with van der Waals surface area (Å²) in [6, 6.07) is 5.53. The Kier molecular flexibility index (Phi) is 3.99. The fourth-order valence-electron chi connectivity index (χ4n) is 2.04. The molecule has 1 heterocycles. The van der Waals surface area contributed by atoms with Crippen molar-refractivity contribution in [3.05, 3.63) is 35.6 Å². The van der Waals surface area contributed by atoms with E-state index in [1.807, 2.05) is 0 Å². The van der Waals surface area contributed by atoms with Crippen LogP contribution in [0, 0.1) is 5.82 Å². The minimum absolute atomic E-state index is 0.0925. The number of aliphatic hydroxyl groups is 1. The fraction of sp³-hybridized carbons (Fsp3) is 0.500. The van der Waals surface area contributed by atoms with Gasteiger partial charge in [-0.15, -0.1) is 0 Å². The number of hydrogen-bond acceptors (Lipinski definition) is 4. The van der Waals surface area contributed by atoms with Gasteiger partial charge in [0, 0.05) is 12.6 Å². The van der Waals surface area contributed by atoms with Gasteiger partial charge >= 0.3 is 0 Å². The summed E-state index contributed by atoms with van der Waals surface area (Å²) < 4.78 is 35.2. The van der Waals surface area contributed by atoms with Gasteiger partial charge < -0.3 is 10.4 Å². The molecule has 1 saturated heterocycles. The van der Waals surface area contributed by atoms with Crippen molar-refractivity contribution in [2.45, 2.75) is 18.6 Å². The number of aliphatic hydroxyl groups excluding tert-OH is 1. The second-order valence-electron chi connectivity index (χ2n) is 4.58. The smallest absolute Gasteiger partial charge is 0.151 e. The molecule has 18 heavy (non-hydrogen) atoms. The van der Waals surface area contributed by atoms with Crippen LogP contribution in [0.3, 0.4) is 0 Å². The van der Waals surface area contributed by atoms with Gasteiger partial charge in [0.25, 0.3) is 0 Å². The van der Waals surface area contributed by atoms with Crippen LogP contribution in [0.2, 0.25) is 0 Å². The van der Waals surface area contributed by atoms with Crippen LogP contribution in [0.5, 0.6) is 0 Å². The third-order valence-electron chi connectivity index (χ3n) is 3.09. The van der Waals surface area contributed by atoms with Gasteiger partial charge in [-0.25, -0.2) is 12.8 Å². The molecule has 1 aliphatic rings. The number of nitrogens with one attached hydrogen (secondary N) is 1. The standard InChI is InChI=1S/C12H16FNO3S/c13-10-3-1-9(2-4-10)12(15)7-14-11-5-6-18(16,17)8-11/h1-4,11-12,14-15H,5-8H2. The molecule has 0 spiro atoms. The average molecular weight is 273 g/mol. The van der Waals surface area contributed by atoms with Crippen molar-refractivity contribution < 1.29 is 17.9 Å². The van der Waals surface area contributed by atoms with Crippen LogP contribution in [0.1, 0.15) is 18.1 Å². The second kappa shape index (κ2) is 5.34. The Hall–Kier alpha value is -0.980. The molecule has 1 aromatic carbocycles. The summed E-state index contributed by atoms with van der Waals surface area (Å²) in [6.45, 7) is 0.270. The van der Waals surface area contributed by atoms with E-state index in [0.717, 1.165) is 0 Å². The third kappa shape index (κ3) is 3.51. The maximum absolute atomic E-state index is 12.7. The van der Waals surface area contributed by atoms with Crippen molar-refractivity contribution in [1.82, 2.24) is 5.32 Å². The van der Waals surface area contributed by atoms with E-state index < -0.39 is 15.9 Å². The van der Waals surface area contributed by atoms with Crippen molar-refractivity contribution in [1.29, 1.82) is 0 Å². The molecule has 6 heteroatoms. The number of benzene rings is 1. The van der Waals surface area contributed by atoms with Crippen LogP contribution in [-0.2, 0) is 9.84 Å². The summed E-state index contributed by atoms with van der Waals surface area (Å²) in [5, 5.41) is 12.9. The van der Waals surface area contributed by atoms with Crippen LogP contribution in [0.25, 0.3) is 0 Å². The molecule has 1 aliphatic heterocycles. The van der Waals surface area contributed by atoms with E-state index in [9.17, 15) is 17.9 Å². The highest BCUT2D eigenvalue weighted by Crippen LogP contribution is 2.15. The summed E-state index contributed by atoms with van der Waals surface area (Å²) in [5.41, 5.74) is 0.616. The maximum atomic E-state index is 12.7. The topological polar surface area (TPSA) is 66.4 Å². The molecule has 0 aliphatic carbocycles. The monoisotopic (exact) mass is 273 g/mol. The van der Waals surface area contributed by atoms with E-state index in [1.54, 1.807) is 0 Å². The zero-order chi connectivity index (χ0) is 13.2. The number of halogens is 1. The molecule has 2 N–H and O–H groups in total. The number of sulfone groups is 1. The molecule has 100 valence electrons. The average Bonchev–Trinajstić information content (AvgIpc) is 2.67. The molecular weight excluding hydrogens is 257 g/mol. The molecule has 2 atom stereocenters. The van der Waals surface area contributed by atoms with Gasteiger partial charge in [-0.2, -0.15) is 0 Å². The summed E-state index contributed by atoms with van der Waals surface area (Å²) in [7, 11) is -2.91. The lowest BCUT2D eigenvalue weighted by Gasteiger charge is -2.15. The molecule has 1 aromatic rings. The van der Waals surface area contributed by atoms with Crippen molar-refractivity contribution in [2.75, 3.05) is 18.1 Å². The minimum atomic E-state index is -2.91. The second-order valence-corrected chi connectivity index (χ2v) is 6.80. The normalized spacial score (nSPS) is 24.0. The summed E-state index contributed by atoms with van der Waals surface area (Å²) in [6.07, 6.45) is -0.174. The van der Waals surface area contributed by atoms with Crippen LogP contribution in [-0.4, -0.2) is 37.6 Å². The van der Waals surface area contributed by atoms with Gasteiger partial charge in [0.2, 0.25) is 0 Å². The molecule has 1 fully saturated rings. The molecule has 0 radical (unpaired) electrons. The van der Waals surface area contributed by atoms with Gasteiger partial charge in [0.15, 0.2) is 9.84 Å². The van der Waals surface area contributed by atoms with Crippen LogP contribution in [0.4, 0.5) is 4.39 Å². The Morgan fingerprint density at radius 2 is 2.06 bits per heavy atom. The lowest BCUT2D eigenvalue weighted by atomic mass is 10.1. The Bertz CT molecular complexity index is 501. The minimum Gasteiger partial charge on any atom is -0.387 e. The molecule has 0 saturated carbocycles. The molecule has 0 aromatic heterocycles. The summed E-state index contributed by atoms with van der Waals surface area (Å²) in [5.74, 6) is -0.0127. The van der Waals surface area contributed by atoms with Crippen LogP contribution in [0.15, 0.2) is 24.3 Å². The molecule has 2 rings (SSSR count). The Morgan fingerprint density at radius 1 is 1.39 bits per heavy atom.